The third-order valence-electron chi connectivity index (χ3n) is 6.54. The Morgan fingerprint density at radius 2 is 1.71 bits per heavy atom. The number of benzene rings is 1. The lowest BCUT2D eigenvalue weighted by Gasteiger charge is -2.27. The molecule has 2 fully saturated rings. The average molecular weight is 413 g/mol. The van der Waals surface area contributed by atoms with Gasteiger partial charge in [-0.2, -0.15) is 10.1 Å². The molecule has 8 nitrogen and oxygen atoms in total. The van der Waals surface area contributed by atoms with E-state index in [1.54, 1.807) is 12.4 Å². The lowest BCUT2D eigenvalue weighted by atomic mass is 9.77. The van der Waals surface area contributed by atoms with Crippen molar-refractivity contribution >= 4 is 5.95 Å². The Balaban J connectivity index is 1.32. The van der Waals surface area contributed by atoms with Gasteiger partial charge in [0.25, 0.3) is 5.89 Å². The predicted octanol–water partition coefficient (Wildman–Crippen LogP) is 4.02. The molecule has 2 aliphatic carbocycles. The zero-order chi connectivity index (χ0) is 21.0. The molecule has 0 saturated heterocycles. The van der Waals surface area contributed by atoms with Gasteiger partial charge < -0.3 is 10.3 Å². The molecule has 31 heavy (non-hydrogen) atoms. The van der Waals surface area contributed by atoms with Crippen molar-refractivity contribution in [2.24, 2.45) is 5.92 Å². The molecular formula is C23H23N7O. The van der Waals surface area contributed by atoms with Gasteiger partial charge in [0.05, 0.1) is 23.2 Å². The molecule has 0 radical (unpaired) electrons. The molecule has 6 rings (SSSR count). The van der Waals surface area contributed by atoms with Crippen LogP contribution in [-0.2, 0) is 5.41 Å². The number of hydrogen-bond acceptors (Lipinski definition) is 7. The van der Waals surface area contributed by atoms with Crippen molar-refractivity contribution in [3.8, 4) is 22.6 Å². The molecule has 3 heterocycles. The van der Waals surface area contributed by atoms with Gasteiger partial charge in [0, 0.05) is 24.2 Å². The summed E-state index contributed by atoms with van der Waals surface area (Å²) >= 11 is 0. The fraction of sp³-hybridized carbons (Fsp3) is 0.348. The Bertz CT molecular complexity index is 1220. The van der Waals surface area contributed by atoms with E-state index in [4.69, 9.17) is 15.2 Å². The van der Waals surface area contributed by atoms with Gasteiger partial charge in [-0.1, -0.05) is 29.4 Å². The first kappa shape index (κ1) is 18.2. The minimum absolute atomic E-state index is 0.275. The largest absolute Gasteiger partial charge is 0.368 e. The Morgan fingerprint density at radius 1 is 0.968 bits per heavy atom. The second-order valence-corrected chi connectivity index (χ2v) is 8.75. The molecule has 2 aliphatic rings. The maximum atomic E-state index is 5.67. The molecule has 0 spiro atoms. The fourth-order valence-corrected chi connectivity index (χ4v) is 4.24. The van der Waals surface area contributed by atoms with Gasteiger partial charge in [-0.3, -0.25) is 4.68 Å². The summed E-state index contributed by atoms with van der Waals surface area (Å²) in [7, 11) is 0. The van der Waals surface area contributed by atoms with E-state index in [1.165, 1.54) is 18.4 Å². The maximum absolute atomic E-state index is 5.67. The first-order valence-corrected chi connectivity index (χ1v) is 10.7. The number of nitrogens with zero attached hydrogens (tertiary/aromatic N) is 6. The Hall–Kier alpha value is -3.55. The lowest BCUT2D eigenvalue weighted by molar-refractivity contribution is 0.386. The monoisotopic (exact) mass is 413 g/mol. The number of hydrogen-bond donors (Lipinski definition) is 1. The average Bonchev–Trinajstić information content (AvgIpc) is 3.73. The van der Waals surface area contributed by atoms with Crippen LogP contribution in [0.2, 0.25) is 0 Å². The topological polar surface area (TPSA) is 109 Å². The van der Waals surface area contributed by atoms with Crippen LogP contribution in [0.1, 0.15) is 50.0 Å². The van der Waals surface area contributed by atoms with Crippen LogP contribution in [0.3, 0.4) is 0 Å². The SMILES string of the molecule is CC(c1ccc(-c2cnc(N)nc2)cc1)(c1noc(-c2cnn(C3CC3)c2)n1)C1CC1. The summed E-state index contributed by atoms with van der Waals surface area (Å²) in [5.41, 5.74) is 9.33. The summed E-state index contributed by atoms with van der Waals surface area (Å²) < 4.78 is 7.67. The lowest BCUT2D eigenvalue weighted by Crippen LogP contribution is -2.28. The number of anilines is 1. The van der Waals surface area contributed by atoms with E-state index in [9.17, 15) is 0 Å². The van der Waals surface area contributed by atoms with Crippen molar-refractivity contribution in [2.45, 2.75) is 44.1 Å². The minimum atomic E-state index is -0.301. The molecule has 1 aromatic carbocycles. The van der Waals surface area contributed by atoms with Gasteiger partial charge in [0.2, 0.25) is 5.95 Å². The van der Waals surface area contributed by atoms with Crippen LogP contribution in [-0.4, -0.2) is 29.9 Å². The molecule has 8 heteroatoms. The van der Waals surface area contributed by atoms with E-state index in [0.717, 1.165) is 35.4 Å². The van der Waals surface area contributed by atoms with Crippen LogP contribution in [0.5, 0.6) is 0 Å². The number of aromatic nitrogens is 6. The highest BCUT2D eigenvalue weighted by atomic mass is 16.5. The summed E-state index contributed by atoms with van der Waals surface area (Å²) in [5, 5.41) is 8.85. The van der Waals surface area contributed by atoms with Crippen LogP contribution in [0.15, 0.2) is 53.6 Å². The first-order chi connectivity index (χ1) is 15.1. The Labute approximate surface area is 179 Å². The first-order valence-electron chi connectivity index (χ1n) is 10.7. The van der Waals surface area contributed by atoms with Gasteiger partial charge in [0.1, 0.15) is 0 Å². The zero-order valence-corrected chi connectivity index (χ0v) is 17.3. The van der Waals surface area contributed by atoms with Crippen molar-refractivity contribution in [3.05, 3.63) is 60.4 Å². The quantitative estimate of drug-likeness (QED) is 0.508. The Morgan fingerprint density at radius 3 is 2.39 bits per heavy atom. The van der Waals surface area contributed by atoms with Crippen LogP contribution < -0.4 is 5.73 Å². The van der Waals surface area contributed by atoms with Gasteiger partial charge in [-0.25, -0.2) is 9.97 Å². The summed E-state index contributed by atoms with van der Waals surface area (Å²) in [6.07, 6.45) is 12.0. The van der Waals surface area contributed by atoms with E-state index in [1.807, 2.05) is 17.1 Å². The molecule has 2 saturated carbocycles. The zero-order valence-electron chi connectivity index (χ0n) is 17.3. The normalized spacial score (nSPS) is 18.1. The van der Waals surface area contributed by atoms with Gasteiger partial charge in [-0.05, 0) is 49.7 Å². The summed E-state index contributed by atoms with van der Waals surface area (Å²) in [5.74, 6) is 2.03. The minimum Gasteiger partial charge on any atom is -0.368 e. The van der Waals surface area contributed by atoms with Crippen LogP contribution in [0, 0.1) is 5.92 Å². The van der Waals surface area contributed by atoms with Crippen molar-refractivity contribution in [1.82, 2.24) is 29.9 Å². The summed E-state index contributed by atoms with van der Waals surface area (Å²) in [4.78, 5) is 13.0. The molecule has 0 amide bonds. The van der Waals surface area contributed by atoms with Gasteiger partial charge in [0.15, 0.2) is 5.82 Å². The highest BCUT2D eigenvalue weighted by molar-refractivity contribution is 5.63. The molecule has 156 valence electrons. The standard InChI is InChI=1S/C23H23N7O/c1-23(18-6-7-18,17-4-2-14(3-5-17)15-10-25-22(24)26-11-15)21-28-20(31-29-21)16-12-27-30(13-16)19-8-9-19/h2-5,10-13,18-19H,6-9H2,1H3,(H2,24,25,26). The summed E-state index contributed by atoms with van der Waals surface area (Å²) in [6, 6.07) is 8.99. The van der Waals surface area contributed by atoms with E-state index in [2.05, 4.69) is 51.4 Å². The van der Waals surface area contributed by atoms with Crippen LogP contribution >= 0.6 is 0 Å². The highest BCUT2D eigenvalue weighted by Crippen LogP contribution is 2.50. The maximum Gasteiger partial charge on any atom is 0.261 e. The third-order valence-corrected chi connectivity index (χ3v) is 6.54. The van der Waals surface area contributed by atoms with Crippen molar-refractivity contribution in [1.29, 1.82) is 0 Å². The number of nitrogens with two attached hydrogens (primary N) is 1. The van der Waals surface area contributed by atoms with E-state index >= 15 is 0 Å². The molecule has 0 bridgehead atoms. The smallest absolute Gasteiger partial charge is 0.261 e. The second-order valence-electron chi connectivity index (χ2n) is 8.75. The highest BCUT2D eigenvalue weighted by Gasteiger charge is 2.47. The van der Waals surface area contributed by atoms with Gasteiger partial charge >= 0.3 is 0 Å². The molecule has 4 aromatic rings. The molecule has 0 aliphatic heterocycles. The van der Waals surface area contributed by atoms with Crippen molar-refractivity contribution in [2.75, 3.05) is 5.73 Å². The fourth-order valence-electron chi connectivity index (χ4n) is 4.24. The van der Waals surface area contributed by atoms with E-state index < -0.39 is 0 Å². The van der Waals surface area contributed by atoms with E-state index in [-0.39, 0.29) is 11.4 Å². The molecule has 1 atom stereocenters. The van der Waals surface area contributed by atoms with Crippen LogP contribution in [0.25, 0.3) is 22.6 Å². The van der Waals surface area contributed by atoms with Crippen molar-refractivity contribution < 1.29 is 4.52 Å². The Kier molecular flexibility index (Phi) is 3.96. The number of nitrogen functional groups attached to an aromatic ring is 1. The van der Waals surface area contributed by atoms with Gasteiger partial charge in [-0.15, -0.1) is 0 Å². The second kappa shape index (κ2) is 6.73. The van der Waals surface area contributed by atoms with Crippen LogP contribution in [0.4, 0.5) is 5.95 Å². The molecular weight excluding hydrogens is 390 g/mol. The number of rotatable bonds is 6. The summed E-state index contributed by atoms with van der Waals surface area (Å²) in [6.45, 7) is 2.22. The van der Waals surface area contributed by atoms with Crippen molar-refractivity contribution in [3.63, 3.8) is 0 Å². The third kappa shape index (κ3) is 3.19. The predicted molar refractivity (Wildman–Crippen MR) is 115 cm³/mol. The molecule has 3 aromatic heterocycles. The molecule has 1 unspecified atom stereocenters. The molecule has 2 N–H and O–H groups in total. The van der Waals surface area contributed by atoms with E-state index in [0.29, 0.717) is 17.9 Å².